The highest BCUT2D eigenvalue weighted by atomic mass is 32.2. The van der Waals surface area contributed by atoms with Gasteiger partial charge >= 0.3 is 0 Å². The minimum Gasteiger partial charge on any atom is -0.497 e. The van der Waals surface area contributed by atoms with Gasteiger partial charge in [0.1, 0.15) is 5.75 Å². The fourth-order valence-corrected chi connectivity index (χ4v) is 3.86. The summed E-state index contributed by atoms with van der Waals surface area (Å²) in [6, 6.07) is 5.46. The van der Waals surface area contributed by atoms with Crippen LogP contribution in [0.15, 0.2) is 35.7 Å². The first-order chi connectivity index (χ1) is 9.63. The highest BCUT2D eigenvalue weighted by Gasteiger charge is 2.30. The van der Waals surface area contributed by atoms with Gasteiger partial charge in [0.15, 0.2) is 5.03 Å². The highest BCUT2D eigenvalue weighted by Crippen LogP contribution is 2.33. The number of nitrogens with one attached hydrogen (secondary N) is 1. The number of aromatic amines is 1. The van der Waals surface area contributed by atoms with E-state index in [0.29, 0.717) is 12.2 Å². The molecule has 0 fully saturated rings. The van der Waals surface area contributed by atoms with Crippen molar-refractivity contribution < 1.29 is 13.2 Å². The van der Waals surface area contributed by atoms with Crippen LogP contribution in [0.2, 0.25) is 0 Å². The number of methoxy groups -OCH3 is 1. The van der Waals surface area contributed by atoms with E-state index in [-0.39, 0.29) is 5.03 Å². The maximum absolute atomic E-state index is 12.6. The average Bonchev–Trinajstić information content (AvgIpc) is 3.01. The topological polar surface area (TPSA) is 75.3 Å². The van der Waals surface area contributed by atoms with Crippen molar-refractivity contribution in [3.8, 4) is 5.75 Å². The van der Waals surface area contributed by atoms with Gasteiger partial charge in [-0.3, -0.25) is 4.31 Å². The summed E-state index contributed by atoms with van der Waals surface area (Å²) in [5, 5.41) is 0.112. The summed E-state index contributed by atoms with van der Waals surface area (Å²) in [4.78, 5) is 6.45. The summed E-state index contributed by atoms with van der Waals surface area (Å²) in [5.41, 5.74) is 1.70. The fourth-order valence-electron chi connectivity index (χ4n) is 2.42. The molecule has 1 aromatic carbocycles. The Labute approximate surface area is 117 Å². The van der Waals surface area contributed by atoms with Crippen molar-refractivity contribution in [3.63, 3.8) is 0 Å². The molecule has 0 atom stereocenters. The summed E-state index contributed by atoms with van der Waals surface area (Å²) in [5.74, 6) is 0.740. The van der Waals surface area contributed by atoms with Gasteiger partial charge in [-0.05, 0) is 36.6 Å². The lowest BCUT2D eigenvalue weighted by Crippen LogP contribution is -2.35. The molecule has 7 heteroatoms. The molecule has 20 heavy (non-hydrogen) atoms. The molecule has 1 N–H and O–H groups in total. The molecular formula is C13H15N3O3S. The van der Waals surface area contributed by atoms with Crippen LogP contribution in [0, 0.1) is 0 Å². The molecule has 1 aliphatic rings. The molecule has 3 rings (SSSR count). The van der Waals surface area contributed by atoms with Gasteiger partial charge in [-0.15, -0.1) is 0 Å². The van der Waals surface area contributed by atoms with E-state index in [4.69, 9.17) is 4.74 Å². The number of fused-ring (bicyclic) bond motifs is 1. The van der Waals surface area contributed by atoms with Gasteiger partial charge in [-0.2, -0.15) is 8.42 Å². The van der Waals surface area contributed by atoms with Crippen LogP contribution < -0.4 is 9.04 Å². The first-order valence-electron chi connectivity index (χ1n) is 6.31. The Morgan fingerprint density at radius 3 is 2.95 bits per heavy atom. The van der Waals surface area contributed by atoms with Crippen molar-refractivity contribution in [1.82, 2.24) is 9.97 Å². The second-order valence-electron chi connectivity index (χ2n) is 4.59. The maximum atomic E-state index is 12.6. The quantitative estimate of drug-likeness (QED) is 0.932. The number of benzene rings is 1. The number of aromatic nitrogens is 2. The Hall–Kier alpha value is -2.02. The van der Waals surface area contributed by atoms with E-state index in [1.54, 1.807) is 19.2 Å². The van der Waals surface area contributed by atoms with Crippen molar-refractivity contribution >= 4 is 15.7 Å². The van der Waals surface area contributed by atoms with Crippen LogP contribution in [0.1, 0.15) is 12.0 Å². The number of hydrogen-bond acceptors (Lipinski definition) is 4. The SMILES string of the molecule is COc1ccc2c(c1)CCCN2S(=O)(=O)c1cnc[nH]1. The number of nitrogens with zero attached hydrogens (tertiary/aromatic N) is 2. The minimum atomic E-state index is -3.58. The van der Waals surface area contributed by atoms with Crippen molar-refractivity contribution in [1.29, 1.82) is 0 Å². The van der Waals surface area contributed by atoms with Crippen molar-refractivity contribution in [2.45, 2.75) is 17.9 Å². The number of anilines is 1. The molecule has 0 unspecified atom stereocenters. The molecule has 1 aliphatic heterocycles. The maximum Gasteiger partial charge on any atom is 0.281 e. The lowest BCUT2D eigenvalue weighted by molar-refractivity contribution is 0.414. The Bertz CT molecular complexity index is 710. The van der Waals surface area contributed by atoms with Gasteiger partial charge in [0.25, 0.3) is 10.0 Å². The van der Waals surface area contributed by atoms with Gasteiger partial charge in [0.05, 0.1) is 25.3 Å². The zero-order valence-corrected chi connectivity index (χ0v) is 11.9. The Morgan fingerprint density at radius 2 is 2.25 bits per heavy atom. The normalized spacial score (nSPS) is 14.9. The standard InChI is InChI=1S/C13H15N3O3S/c1-19-11-4-5-12-10(7-11)3-2-6-16(12)20(17,18)13-8-14-9-15-13/h4-5,7-9H,2-3,6H2,1H3,(H,14,15). The first-order valence-corrected chi connectivity index (χ1v) is 7.75. The minimum absolute atomic E-state index is 0.112. The number of ether oxygens (including phenoxy) is 1. The van der Waals surface area contributed by atoms with Crippen molar-refractivity contribution in [2.75, 3.05) is 18.0 Å². The molecular weight excluding hydrogens is 278 g/mol. The second-order valence-corrected chi connectivity index (χ2v) is 6.42. The molecule has 0 spiro atoms. The van der Waals surface area contributed by atoms with Gasteiger partial charge in [0.2, 0.25) is 0 Å². The summed E-state index contributed by atoms with van der Waals surface area (Å²) < 4.78 is 31.8. The third kappa shape index (κ3) is 2.03. The smallest absolute Gasteiger partial charge is 0.281 e. The molecule has 2 aromatic rings. The van der Waals surface area contributed by atoms with Crippen LogP contribution in [0.4, 0.5) is 5.69 Å². The van der Waals surface area contributed by atoms with Gasteiger partial charge in [-0.25, -0.2) is 4.98 Å². The van der Waals surface area contributed by atoms with Crippen LogP contribution in [0.5, 0.6) is 5.75 Å². The number of H-pyrrole nitrogens is 1. The average molecular weight is 293 g/mol. The molecule has 2 heterocycles. The summed E-state index contributed by atoms with van der Waals surface area (Å²) in [7, 11) is -1.98. The van der Waals surface area contributed by atoms with E-state index in [2.05, 4.69) is 9.97 Å². The first kappa shape index (κ1) is 13.0. The fraction of sp³-hybridized carbons (Fsp3) is 0.308. The molecule has 0 amide bonds. The van der Waals surface area contributed by atoms with Crippen molar-refractivity contribution in [3.05, 3.63) is 36.3 Å². The largest absolute Gasteiger partial charge is 0.497 e. The van der Waals surface area contributed by atoms with Gasteiger partial charge in [-0.1, -0.05) is 0 Å². The molecule has 0 saturated heterocycles. The van der Waals surface area contributed by atoms with E-state index in [9.17, 15) is 8.42 Å². The van der Waals surface area contributed by atoms with E-state index in [0.717, 1.165) is 24.2 Å². The van der Waals surface area contributed by atoms with Gasteiger partial charge in [0, 0.05) is 6.54 Å². The lowest BCUT2D eigenvalue weighted by atomic mass is 10.0. The predicted octanol–water partition coefficient (Wildman–Crippen LogP) is 1.56. The van der Waals surface area contributed by atoms with Crippen LogP contribution in [0.25, 0.3) is 0 Å². The van der Waals surface area contributed by atoms with E-state index in [1.165, 1.54) is 16.8 Å². The Morgan fingerprint density at radius 1 is 1.40 bits per heavy atom. The molecule has 0 radical (unpaired) electrons. The summed E-state index contributed by atoms with van der Waals surface area (Å²) in [6.07, 6.45) is 4.33. The van der Waals surface area contributed by atoms with Crippen LogP contribution in [-0.4, -0.2) is 32.0 Å². The van der Waals surface area contributed by atoms with E-state index >= 15 is 0 Å². The van der Waals surface area contributed by atoms with E-state index < -0.39 is 10.0 Å². The molecule has 0 saturated carbocycles. The number of sulfonamides is 1. The molecule has 106 valence electrons. The summed E-state index contributed by atoms with van der Waals surface area (Å²) >= 11 is 0. The second kappa shape index (κ2) is 4.82. The molecule has 0 bridgehead atoms. The summed E-state index contributed by atoms with van der Waals surface area (Å²) in [6.45, 7) is 0.473. The third-order valence-corrected chi connectivity index (χ3v) is 5.14. The van der Waals surface area contributed by atoms with Gasteiger partial charge < -0.3 is 9.72 Å². The monoisotopic (exact) mass is 293 g/mol. The number of hydrogen-bond donors (Lipinski definition) is 1. The van der Waals surface area contributed by atoms with E-state index in [1.807, 2.05) is 6.07 Å². The Kier molecular flexibility index (Phi) is 3.13. The molecule has 1 aromatic heterocycles. The highest BCUT2D eigenvalue weighted by molar-refractivity contribution is 7.92. The van der Waals surface area contributed by atoms with Crippen molar-refractivity contribution in [2.24, 2.45) is 0 Å². The zero-order valence-electron chi connectivity index (χ0n) is 11.0. The zero-order chi connectivity index (χ0) is 14.2. The van der Waals surface area contributed by atoms with Crippen LogP contribution in [-0.2, 0) is 16.4 Å². The molecule has 0 aliphatic carbocycles. The molecule has 6 nitrogen and oxygen atoms in total. The number of rotatable bonds is 3. The number of imidazole rings is 1. The lowest BCUT2D eigenvalue weighted by Gasteiger charge is -2.30. The van der Waals surface area contributed by atoms with Crippen LogP contribution >= 0.6 is 0 Å². The Balaban J connectivity index is 2.06. The number of aryl methyl sites for hydroxylation is 1. The third-order valence-electron chi connectivity index (χ3n) is 3.40. The predicted molar refractivity (Wildman–Crippen MR) is 74.4 cm³/mol. The van der Waals surface area contributed by atoms with Crippen LogP contribution in [0.3, 0.4) is 0 Å².